The van der Waals surface area contributed by atoms with Crippen molar-refractivity contribution in [2.45, 2.75) is 12.8 Å². The second kappa shape index (κ2) is 3.25. The highest BCUT2D eigenvalue weighted by Crippen LogP contribution is 2.29. The van der Waals surface area contributed by atoms with E-state index >= 15 is 0 Å². The van der Waals surface area contributed by atoms with E-state index in [1.807, 2.05) is 0 Å². The standard InChI is InChI=1S/C6H8O2.H2O/c1-2-8-6(7)5-3-4-5;/h2,5H,1,3-4H2;1H2. The summed E-state index contributed by atoms with van der Waals surface area (Å²) in [5.74, 6) is 0.0630. The summed E-state index contributed by atoms with van der Waals surface area (Å²) in [6.45, 7) is 3.27. The second-order valence-electron chi connectivity index (χ2n) is 1.88. The molecule has 52 valence electrons. The van der Waals surface area contributed by atoms with Gasteiger partial charge < -0.3 is 10.2 Å². The monoisotopic (exact) mass is 130 g/mol. The van der Waals surface area contributed by atoms with Crippen LogP contribution in [0.25, 0.3) is 0 Å². The number of ether oxygens (including phenoxy) is 1. The molecule has 0 saturated heterocycles. The maximum atomic E-state index is 10.5. The third-order valence-corrected chi connectivity index (χ3v) is 1.11. The topological polar surface area (TPSA) is 57.8 Å². The van der Waals surface area contributed by atoms with Gasteiger partial charge in [-0.3, -0.25) is 4.79 Å². The fourth-order valence-corrected chi connectivity index (χ4v) is 0.497. The molecule has 0 unspecified atom stereocenters. The van der Waals surface area contributed by atoms with E-state index in [1.54, 1.807) is 0 Å². The Morgan fingerprint density at radius 1 is 1.67 bits per heavy atom. The highest BCUT2D eigenvalue weighted by molar-refractivity contribution is 5.75. The third-order valence-electron chi connectivity index (χ3n) is 1.11. The molecule has 3 nitrogen and oxygen atoms in total. The minimum absolute atomic E-state index is 0. The summed E-state index contributed by atoms with van der Waals surface area (Å²) in [5.41, 5.74) is 0. The highest BCUT2D eigenvalue weighted by Gasteiger charge is 2.30. The van der Waals surface area contributed by atoms with Crippen LogP contribution in [0.3, 0.4) is 0 Å². The summed E-state index contributed by atoms with van der Waals surface area (Å²) in [7, 11) is 0. The lowest BCUT2D eigenvalue weighted by atomic mass is 10.4. The average molecular weight is 130 g/mol. The van der Waals surface area contributed by atoms with Crippen LogP contribution in [-0.2, 0) is 9.53 Å². The van der Waals surface area contributed by atoms with E-state index in [0.717, 1.165) is 12.8 Å². The number of carbonyl (C=O) groups excluding carboxylic acids is 1. The third kappa shape index (κ3) is 2.28. The Kier molecular flexibility index (Phi) is 2.95. The van der Waals surface area contributed by atoms with Crippen molar-refractivity contribution in [2.24, 2.45) is 5.92 Å². The number of esters is 1. The molecule has 1 fully saturated rings. The largest absolute Gasteiger partial charge is 0.435 e. The van der Waals surface area contributed by atoms with Gasteiger partial charge in [-0.25, -0.2) is 0 Å². The van der Waals surface area contributed by atoms with Gasteiger partial charge in [-0.15, -0.1) is 0 Å². The van der Waals surface area contributed by atoms with Crippen LogP contribution >= 0.6 is 0 Å². The van der Waals surface area contributed by atoms with Crippen molar-refractivity contribution in [1.29, 1.82) is 0 Å². The van der Waals surface area contributed by atoms with Crippen molar-refractivity contribution in [3.63, 3.8) is 0 Å². The number of carbonyl (C=O) groups is 1. The maximum Gasteiger partial charge on any atom is 0.313 e. The lowest BCUT2D eigenvalue weighted by molar-refractivity contribution is -0.139. The molecule has 0 bridgehead atoms. The molecule has 9 heavy (non-hydrogen) atoms. The van der Waals surface area contributed by atoms with Gasteiger partial charge >= 0.3 is 5.97 Å². The van der Waals surface area contributed by atoms with E-state index in [1.165, 1.54) is 6.26 Å². The zero-order chi connectivity index (χ0) is 5.98. The van der Waals surface area contributed by atoms with Gasteiger partial charge in [-0.05, 0) is 12.8 Å². The van der Waals surface area contributed by atoms with E-state index in [4.69, 9.17) is 0 Å². The summed E-state index contributed by atoms with van der Waals surface area (Å²) >= 11 is 0. The first-order chi connectivity index (χ1) is 3.84. The van der Waals surface area contributed by atoms with E-state index in [0.29, 0.717) is 0 Å². The molecule has 0 amide bonds. The molecule has 1 rings (SSSR count). The molecule has 0 spiro atoms. The lowest BCUT2D eigenvalue weighted by Crippen LogP contribution is -2.00. The van der Waals surface area contributed by atoms with Crippen LogP contribution in [0.5, 0.6) is 0 Å². The van der Waals surface area contributed by atoms with E-state index in [2.05, 4.69) is 11.3 Å². The minimum atomic E-state index is -0.125. The van der Waals surface area contributed by atoms with Gasteiger partial charge in [-0.1, -0.05) is 6.58 Å². The van der Waals surface area contributed by atoms with Crippen molar-refractivity contribution in [3.8, 4) is 0 Å². The number of hydrogen-bond donors (Lipinski definition) is 0. The van der Waals surface area contributed by atoms with Gasteiger partial charge in [0.1, 0.15) is 0 Å². The zero-order valence-electron chi connectivity index (χ0n) is 5.09. The normalized spacial score (nSPS) is 15.6. The Labute approximate surface area is 53.6 Å². The SMILES string of the molecule is C=COC(=O)C1CC1.O. The Morgan fingerprint density at radius 2 is 2.22 bits per heavy atom. The van der Waals surface area contributed by atoms with Crippen molar-refractivity contribution in [3.05, 3.63) is 12.8 Å². The van der Waals surface area contributed by atoms with Crippen molar-refractivity contribution in [1.82, 2.24) is 0 Å². The first kappa shape index (κ1) is 8.17. The predicted octanol–water partition coefficient (Wildman–Crippen LogP) is 0.258. The molecule has 2 N–H and O–H groups in total. The Morgan fingerprint density at radius 3 is 2.56 bits per heavy atom. The fourth-order valence-electron chi connectivity index (χ4n) is 0.497. The molecule has 3 heteroatoms. The van der Waals surface area contributed by atoms with Gasteiger partial charge in [0, 0.05) is 0 Å². The lowest BCUT2D eigenvalue weighted by Gasteiger charge is -1.90. The molecule has 0 aliphatic heterocycles. The molecule has 0 heterocycles. The zero-order valence-corrected chi connectivity index (χ0v) is 5.09. The van der Waals surface area contributed by atoms with Crippen molar-refractivity contribution < 1.29 is 15.0 Å². The molecular formula is C6H10O3. The van der Waals surface area contributed by atoms with Crippen molar-refractivity contribution in [2.75, 3.05) is 0 Å². The predicted molar refractivity (Wildman–Crippen MR) is 32.6 cm³/mol. The summed E-state index contributed by atoms with van der Waals surface area (Å²) < 4.78 is 4.49. The molecule has 0 aromatic heterocycles. The highest BCUT2D eigenvalue weighted by atomic mass is 16.5. The number of hydrogen-bond acceptors (Lipinski definition) is 2. The minimum Gasteiger partial charge on any atom is -0.435 e. The molecule has 0 radical (unpaired) electrons. The van der Waals surface area contributed by atoms with E-state index < -0.39 is 0 Å². The van der Waals surface area contributed by atoms with Crippen LogP contribution in [0.4, 0.5) is 0 Å². The molecule has 0 atom stereocenters. The molecule has 1 aliphatic rings. The molecular weight excluding hydrogens is 120 g/mol. The van der Waals surface area contributed by atoms with Gasteiger partial charge in [0.2, 0.25) is 0 Å². The summed E-state index contributed by atoms with van der Waals surface area (Å²) in [5, 5.41) is 0. The van der Waals surface area contributed by atoms with Gasteiger partial charge in [0.25, 0.3) is 0 Å². The molecule has 1 saturated carbocycles. The smallest absolute Gasteiger partial charge is 0.313 e. The Hall–Kier alpha value is -0.830. The molecule has 1 aliphatic carbocycles. The van der Waals surface area contributed by atoms with Gasteiger partial charge in [-0.2, -0.15) is 0 Å². The second-order valence-corrected chi connectivity index (χ2v) is 1.88. The fraction of sp³-hybridized carbons (Fsp3) is 0.500. The number of rotatable bonds is 2. The van der Waals surface area contributed by atoms with Crippen LogP contribution < -0.4 is 0 Å². The van der Waals surface area contributed by atoms with Gasteiger partial charge in [0.05, 0.1) is 12.2 Å². The van der Waals surface area contributed by atoms with Crippen LogP contribution in [0, 0.1) is 5.92 Å². The molecule has 0 aromatic carbocycles. The van der Waals surface area contributed by atoms with Crippen LogP contribution in [-0.4, -0.2) is 11.4 Å². The summed E-state index contributed by atoms with van der Waals surface area (Å²) in [6, 6.07) is 0. The first-order valence-corrected chi connectivity index (χ1v) is 2.66. The van der Waals surface area contributed by atoms with Gasteiger partial charge in [0.15, 0.2) is 0 Å². The quantitative estimate of drug-likeness (QED) is 0.397. The van der Waals surface area contributed by atoms with E-state index in [-0.39, 0.29) is 17.4 Å². The Bertz CT molecular complexity index is 115. The van der Waals surface area contributed by atoms with Crippen LogP contribution in [0.1, 0.15) is 12.8 Å². The van der Waals surface area contributed by atoms with Crippen LogP contribution in [0.2, 0.25) is 0 Å². The first-order valence-electron chi connectivity index (χ1n) is 2.66. The summed E-state index contributed by atoms with van der Waals surface area (Å²) in [6.07, 6.45) is 3.17. The summed E-state index contributed by atoms with van der Waals surface area (Å²) in [4.78, 5) is 10.5. The van der Waals surface area contributed by atoms with Crippen LogP contribution in [0.15, 0.2) is 12.8 Å². The van der Waals surface area contributed by atoms with Crippen molar-refractivity contribution >= 4 is 5.97 Å². The maximum absolute atomic E-state index is 10.5. The molecule has 0 aromatic rings. The van der Waals surface area contributed by atoms with E-state index in [9.17, 15) is 4.79 Å². The average Bonchev–Trinajstić information content (AvgIpc) is 2.45. The Balaban J connectivity index is 0.000000640.